The van der Waals surface area contributed by atoms with Crippen molar-refractivity contribution in [3.63, 3.8) is 0 Å². The highest BCUT2D eigenvalue weighted by Gasteiger charge is 2.45. The van der Waals surface area contributed by atoms with Crippen LogP contribution in [-0.4, -0.2) is 35.4 Å². The summed E-state index contributed by atoms with van der Waals surface area (Å²) in [4.78, 5) is 26.5. The minimum Gasteiger partial charge on any atom is -0.496 e. The molecular weight excluding hydrogens is 268 g/mol. The summed E-state index contributed by atoms with van der Waals surface area (Å²) in [5, 5.41) is 2.82. The molecule has 1 N–H and O–H groups in total. The number of nitrogens with zero attached hydrogens (tertiary/aromatic N) is 1. The van der Waals surface area contributed by atoms with E-state index in [1.54, 1.807) is 25.9 Å². The normalized spacial score (nSPS) is 25.7. The molecule has 0 saturated carbocycles. The largest absolute Gasteiger partial charge is 0.496 e. The molecule has 0 radical (unpaired) electrons. The summed E-state index contributed by atoms with van der Waals surface area (Å²) in [6.45, 7) is 5.79. The first-order chi connectivity index (χ1) is 9.92. The second-order valence-electron chi connectivity index (χ2n) is 5.60. The van der Waals surface area contributed by atoms with Crippen LogP contribution in [0.4, 0.5) is 0 Å². The summed E-state index contributed by atoms with van der Waals surface area (Å²) in [7, 11) is 1.60. The number of rotatable bonds is 4. The molecule has 1 saturated heterocycles. The van der Waals surface area contributed by atoms with Crippen LogP contribution < -0.4 is 10.1 Å². The topological polar surface area (TPSA) is 58.6 Å². The predicted octanol–water partition coefficient (Wildman–Crippen LogP) is 1.71. The van der Waals surface area contributed by atoms with Gasteiger partial charge < -0.3 is 15.0 Å². The van der Waals surface area contributed by atoms with Crippen molar-refractivity contribution in [2.75, 3.05) is 7.11 Å². The quantitative estimate of drug-likeness (QED) is 0.918. The Morgan fingerprint density at radius 3 is 2.62 bits per heavy atom. The van der Waals surface area contributed by atoms with Crippen molar-refractivity contribution in [1.29, 1.82) is 0 Å². The molecule has 2 rings (SSSR count). The molecule has 21 heavy (non-hydrogen) atoms. The lowest BCUT2D eigenvalue weighted by Crippen LogP contribution is -2.68. The lowest BCUT2D eigenvalue weighted by atomic mass is 9.92. The molecule has 2 unspecified atom stereocenters. The van der Waals surface area contributed by atoms with E-state index in [0.29, 0.717) is 13.0 Å². The first-order valence-corrected chi connectivity index (χ1v) is 7.18. The van der Waals surface area contributed by atoms with Crippen molar-refractivity contribution in [1.82, 2.24) is 10.2 Å². The highest BCUT2D eigenvalue weighted by Crippen LogP contribution is 2.26. The Labute approximate surface area is 125 Å². The van der Waals surface area contributed by atoms with Gasteiger partial charge in [0.1, 0.15) is 17.3 Å². The molecule has 0 bridgehead atoms. The third-order valence-electron chi connectivity index (χ3n) is 4.22. The highest BCUT2D eigenvalue weighted by molar-refractivity contribution is 5.99. The summed E-state index contributed by atoms with van der Waals surface area (Å²) in [6, 6.07) is 7.06. The molecule has 1 aliphatic heterocycles. The molecule has 0 spiro atoms. The maximum absolute atomic E-state index is 12.7. The fourth-order valence-corrected chi connectivity index (χ4v) is 2.53. The Morgan fingerprint density at radius 1 is 1.33 bits per heavy atom. The number of amides is 2. The lowest BCUT2D eigenvalue weighted by Gasteiger charge is -2.43. The highest BCUT2D eigenvalue weighted by atomic mass is 16.5. The molecule has 114 valence electrons. The van der Waals surface area contributed by atoms with Crippen LogP contribution in [0.5, 0.6) is 5.75 Å². The van der Waals surface area contributed by atoms with Crippen molar-refractivity contribution in [2.45, 2.75) is 45.3 Å². The number of hydrogen-bond donors (Lipinski definition) is 1. The van der Waals surface area contributed by atoms with Crippen molar-refractivity contribution < 1.29 is 14.3 Å². The van der Waals surface area contributed by atoms with E-state index in [4.69, 9.17) is 4.74 Å². The van der Waals surface area contributed by atoms with Gasteiger partial charge in [-0.25, -0.2) is 0 Å². The zero-order valence-corrected chi connectivity index (χ0v) is 13.0. The van der Waals surface area contributed by atoms with Crippen LogP contribution in [-0.2, 0) is 16.1 Å². The van der Waals surface area contributed by atoms with Crippen LogP contribution >= 0.6 is 0 Å². The fourth-order valence-electron chi connectivity index (χ4n) is 2.53. The van der Waals surface area contributed by atoms with E-state index in [9.17, 15) is 9.59 Å². The van der Waals surface area contributed by atoms with Crippen molar-refractivity contribution in [3.05, 3.63) is 29.8 Å². The van der Waals surface area contributed by atoms with E-state index < -0.39 is 11.6 Å². The standard InChI is InChI=1S/C16H22N2O3/c1-5-16(3)15(20)18(11(2)14(19)17-16)10-12-8-6-7-9-13(12)21-4/h6-9,11H,5,10H2,1-4H3,(H,17,19). The van der Waals surface area contributed by atoms with E-state index in [0.717, 1.165) is 11.3 Å². The molecule has 1 fully saturated rings. The molecule has 1 heterocycles. The monoisotopic (exact) mass is 290 g/mol. The molecule has 1 aromatic rings. The Kier molecular flexibility index (Phi) is 4.21. The van der Waals surface area contributed by atoms with Crippen molar-refractivity contribution in [2.24, 2.45) is 0 Å². The van der Waals surface area contributed by atoms with E-state index in [-0.39, 0.29) is 11.8 Å². The second-order valence-corrected chi connectivity index (χ2v) is 5.60. The van der Waals surface area contributed by atoms with Gasteiger partial charge in [0.05, 0.1) is 13.7 Å². The number of hydrogen-bond acceptors (Lipinski definition) is 3. The third kappa shape index (κ3) is 2.73. The predicted molar refractivity (Wildman–Crippen MR) is 79.8 cm³/mol. The summed E-state index contributed by atoms with van der Waals surface area (Å²) >= 11 is 0. The number of ether oxygens (including phenoxy) is 1. The van der Waals surface area contributed by atoms with Gasteiger partial charge in [-0.3, -0.25) is 9.59 Å². The van der Waals surface area contributed by atoms with E-state index >= 15 is 0 Å². The van der Waals surface area contributed by atoms with Gasteiger partial charge in [-0.15, -0.1) is 0 Å². The van der Waals surface area contributed by atoms with Crippen LogP contribution in [0.2, 0.25) is 0 Å². The number of piperazine rings is 1. The van der Waals surface area contributed by atoms with Gasteiger partial charge in [0.2, 0.25) is 11.8 Å². The van der Waals surface area contributed by atoms with Crippen LogP contribution in [0, 0.1) is 0 Å². The summed E-state index contributed by atoms with van der Waals surface area (Å²) < 4.78 is 5.32. The van der Waals surface area contributed by atoms with Gasteiger partial charge >= 0.3 is 0 Å². The Bertz CT molecular complexity index is 558. The van der Waals surface area contributed by atoms with E-state index in [1.807, 2.05) is 31.2 Å². The number of para-hydroxylation sites is 1. The first kappa shape index (κ1) is 15.4. The molecule has 0 aromatic heterocycles. The Hall–Kier alpha value is -2.04. The fraction of sp³-hybridized carbons (Fsp3) is 0.500. The van der Waals surface area contributed by atoms with Gasteiger partial charge in [0.15, 0.2) is 0 Å². The Morgan fingerprint density at radius 2 is 2.00 bits per heavy atom. The van der Waals surface area contributed by atoms with Crippen molar-refractivity contribution in [3.8, 4) is 5.75 Å². The molecule has 0 aliphatic carbocycles. The molecule has 2 atom stereocenters. The minimum atomic E-state index is -0.828. The number of methoxy groups -OCH3 is 1. The number of benzene rings is 1. The van der Waals surface area contributed by atoms with E-state index in [1.165, 1.54) is 0 Å². The van der Waals surface area contributed by atoms with Gasteiger partial charge in [-0.1, -0.05) is 25.1 Å². The number of nitrogens with one attached hydrogen (secondary N) is 1. The van der Waals surface area contributed by atoms with Crippen LogP contribution in [0.3, 0.4) is 0 Å². The smallest absolute Gasteiger partial charge is 0.249 e. The average molecular weight is 290 g/mol. The summed E-state index contributed by atoms with van der Waals surface area (Å²) in [6.07, 6.45) is 0.562. The van der Waals surface area contributed by atoms with Gasteiger partial charge in [-0.2, -0.15) is 0 Å². The van der Waals surface area contributed by atoms with Crippen LogP contribution in [0.15, 0.2) is 24.3 Å². The van der Waals surface area contributed by atoms with E-state index in [2.05, 4.69) is 5.32 Å². The Balaban J connectivity index is 2.32. The molecule has 1 aromatic carbocycles. The molecule has 1 aliphatic rings. The zero-order chi connectivity index (χ0) is 15.6. The minimum absolute atomic E-state index is 0.0528. The second kappa shape index (κ2) is 5.76. The van der Waals surface area contributed by atoms with Crippen LogP contribution in [0.25, 0.3) is 0 Å². The number of carbonyl (C=O) groups excluding carboxylic acids is 2. The molecule has 2 amide bonds. The molecule has 5 nitrogen and oxygen atoms in total. The maximum Gasteiger partial charge on any atom is 0.249 e. The average Bonchev–Trinajstić information content (AvgIpc) is 2.50. The summed E-state index contributed by atoms with van der Waals surface area (Å²) in [5.41, 5.74) is 0.0689. The van der Waals surface area contributed by atoms with Gasteiger partial charge in [-0.05, 0) is 26.3 Å². The van der Waals surface area contributed by atoms with Crippen molar-refractivity contribution >= 4 is 11.8 Å². The first-order valence-electron chi connectivity index (χ1n) is 7.18. The van der Waals surface area contributed by atoms with Gasteiger partial charge in [0, 0.05) is 5.56 Å². The maximum atomic E-state index is 12.7. The SMILES string of the molecule is CCC1(C)NC(=O)C(C)N(Cc2ccccc2OC)C1=O. The van der Waals surface area contributed by atoms with Crippen LogP contribution in [0.1, 0.15) is 32.8 Å². The lowest BCUT2D eigenvalue weighted by molar-refractivity contribution is -0.154. The molecule has 5 heteroatoms. The molecular formula is C16H22N2O3. The third-order valence-corrected chi connectivity index (χ3v) is 4.22. The van der Waals surface area contributed by atoms with Gasteiger partial charge in [0.25, 0.3) is 0 Å². The number of carbonyl (C=O) groups is 2. The summed E-state index contributed by atoms with van der Waals surface area (Å²) in [5.74, 6) is 0.554. The zero-order valence-electron chi connectivity index (χ0n) is 13.0.